The molecule has 5 heteroatoms. The Morgan fingerprint density at radius 2 is 2.00 bits per heavy atom. The lowest BCUT2D eigenvalue weighted by Gasteiger charge is -2.28. The van der Waals surface area contributed by atoms with Crippen LogP contribution in [0.15, 0.2) is 24.3 Å². The average Bonchev–Trinajstić information content (AvgIpc) is 2.38. The highest BCUT2D eigenvalue weighted by molar-refractivity contribution is 5.30. The van der Waals surface area contributed by atoms with Crippen LogP contribution in [0.4, 0.5) is 8.78 Å². The molecule has 2 N–H and O–H groups in total. The smallest absolute Gasteiger partial charge is 0.387 e. The van der Waals surface area contributed by atoms with Crippen LogP contribution in [0, 0.1) is 5.92 Å². The quantitative estimate of drug-likeness (QED) is 0.902. The fraction of sp³-hybridized carbons (Fsp3) is 0.538. The van der Waals surface area contributed by atoms with E-state index in [2.05, 4.69) is 4.74 Å². The second-order valence-corrected chi connectivity index (χ2v) is 4.43. The average molecular weight is 257 g/mol. The molecule has 1 fully saturated rings. The summed E-state index contributed by atoms with van der Waals surface area (Å²) >= 11 is 0. The first kappa shape index (κ1) is 13.2. The van der Waals surface area contributed by atoms with E-state index in [4.69, 9.17) is 10.5 Å². The van der Waals surface area contributed by atoms with Crippen molar-refractivity contribution in [1.29, 1.82) is 0 Å². The summed E-state index contributed by atoms with van der Waals surface area (Å²) in [5.74, 6) is 0.491. The second-order valence-electron chi connectivity index (χ2n) is 4.43. The highest BCUT2D eigenvalue weighted by Gasteiger charge is 2.22. The molecular formula is C13H17F2NO2. The number of halogens is 2. The summed E-state index contributed by atoms with van der Waals surface area (Å²) < 4.78 is 33.9. The van der Waals surface area contributed by atoms with E-state index in [1.54, 1.807) is 12.1 Å². The summed E-state index contributed by atoms with van der Waals surface area (Å²) in [4.78, 5) is 0. The molecule has 3 nitrogen and oxygen atoms in total. The molecule has 1 aliphatic rings. The van der Waals surface area contributed by atoms with Gasteiger partial charge in [0.25, 0.3) is 0 Å². The second kappa shape index (κ2) is 6.11. The molecule has 1 aliphatic heterocycles. The van der Waals surface area contributed by atoms with Gasteiger partial charge in [0.15, 0.2) is 0 Å². The Kier molecular flexibility index (Phi) is 4.49. The molecule has 18 heavy (non-hydrogen) atoms. The first-order chi connectivity index (χ1) is 8.66. The summed E-state index contributed by atoms with van der Waals surface area (Å²) in [5, 5.41) is 0. The maximum atomic E-state index is 12.1. The molecule has 0 amide bonds. The molecule has 0 radical (unpaired) electrons. The highest BCUT2D eigenvalue weighted by atomic mass is 19.3. The number of benzene rings is 1. The van der Waals surface area contributed by atoms with Crippen LogP contribution in [-0.2, 0) is 4.74 Å². The Balaban J connectivity index is 2.06. The van der Waals surface area contributed by atoms with Crippen LogP contribution in [0.1, 0.15) is 24.4 Å². The molecule has 0 spiro atoms. The molecule has 2 rings (SSSR count). The lowest BCUT2D eigenvalue weighted by atomic mass is 9.88. The van der Waals surface area contributed by atoms with E-state index in [-0.39, 0.29) is 11.8 Å². The number of hydrogen-bond donors (Lipinski definition) is 1. The summed E-state index contributed by atoms with van der Waals surface area (Å²) in [6.45, 7) is -1.38. The number of hydrogen-bond acceptors (Lipinski definition) is 3. The van der Waals surface area contributed by atoms with Gasteiger partial charge in [-0.2, -0.15) is 8.78 Å². The molecule has 1 unspecified atom stereocenters. The van der Waals surface area contributed by atoms with Gasteiger partial charge >= 0.3 is 6.61 Å². The summed E-state index contributed by atoms with van der Waals surface area (Å²) in [5.41, 5.74) is 7.00. The van der Waals surface area contributed by atoms with E-state index in [9.17, 15) is 8.78 Å². The van der Waals surface area contributed by atoms with Crippen molar-refractivity contribution in [2.45, 2.75) is 25.5 Å². The molecule has 0 bridgehead atoms. The van der Waals surface area contributed by atoms with Crippen LogP contribution in [0.25, 0.3) is 0 Å². The van der Waals surface area contributed by atoms with Gasteiger partial charge in [-0.3, -0.25) is 0 Å². The Morgan fingerprint density at radius 3 is 2.67 bits per heavy atom. The van der Waals surface area contributed by atoms with Gasteiger partial charge < -0.3 is 15.2 Å². The summed E-state index contributed by atoms with van der Waals surface area (Å²) in [6.07, 6.45) is 1.81. The Labute approximate surface area is 105 Å². The van der Waals surface area contributed by atoms with E-state index in [1.165, 1.54) is 6.07 Å². The van der Waals surface area contributed by atoms with Gasteiger partial charge in [-0.05, 0) is 36.5 Å². The number of nitrogens with two attached hydrogens (primary N) is 1. The minimum atomic E-state index is -2.81. The third kappa shape index (κ3) is 3.40. The van der Waals surface area contributed by atoms with Crippen molar-refractivity contribution in [2.24, 2.45) is 11.7 Å². The van der Waals surface area contributed by atoms with Gasteiger partial charge in [0.2, 0.25) is 0 Å². The van der Waals surface area contributed by atoms with E-state index in [1.807, 2.05) is 6.07 Å². The van der Waals surface area contributed by atoms with Gasteiger partial charge in [0.1, 0.15) is 5.75 Å². The minimum absolute atomic E-state index is 0.157. The first-order valence-electron chi connectivity index (χ1n) is 6.05. The van der Waals surface area contributed by atoms with E-state index in [0.717, 1.165) is 18.4 Å². The third-order valence-corrected chi connectivity index (χ3v) is 3.24. The van der Waals surface area contributed by atoms with Gasteiger partial charge in [-0.1, -0.05) is 12.1 Å². The zero-order valence-electron chi connectivity index (χ0n) is 10.0. The molecule has 0 saturated carbocycles. The van der Waals surface area contributed by atoms with Crippen LogP contribution in [0.2, 0.25) is 0 Å². The molecule has 1 saturated heterocycles. The van der Waals surface area contributed by atoms with Crippen molar-refractivity contribution in [1.82, 2.24) is 0 Å². The molecule has 1 aromatic carbocycles. The van der Waals surface area contributed by atoms with E-state index < -0.39 is 6.61 Å². The predicted octanol–water partition coefficient (Wildman–Crippen LogP) is 2.71. The molecule has 1 aromatic rings. The molecule has 100 valence electrons. The number of rotatable bonds is 4. The van der Waals surface area contributed by atoms with Crippen molar-refractivity contribution in [3.05, 3.63) is 29.8 Å². The maximum absolute atomic E-state index is 12.1. The molecule has 0 aliphatic carbocycles. The SMILES string of the molecule is NC(c1cccc(OC(F)F)c1)C1CCOCC1. The lowest BCUT2D eigenvalue weighted by molar-refractivity contribution is -0.0499. The third-order valence-electron chi connectivity index (χ3n) is 3.24. The molecular weight excluding hydrogens is 240 g/mol. The van der Waals surface area contributed by atoms with Crippen molar-refractivity contribution in [3.8, 4) is 5.75 Å². The van der Waals surface area contributed by atoms with Crippen LogP contribution in [0.3, 0.4) is 0 Å². The molecule has 1 heterocycles. The summed E-state index contributed by atoms with van der Waals surface area (Å²) in [6, 6.07) is 6.47. The predicted molar refractivity (Wildman–Crippen MR) is 63.5 cm³/mol. The number of alkyl halides is 2. The topological polar surface area (TPSA) is 44.5 Å². The minimum Gasteiger partial charge on any atom is -0.435 e. The van der Waals surface area contributed by atoms with Crippen molar-refractivity contribution in [3.63, 3.8) is 0 Å². The molecule has 0 aromatic heterocycles. The standard InChI is InChI=1S/C13H17F2NO2/c14-13(15)18-11-3-1-2-10(8-11)12(16)9-4-6-17-7-5-9/h1-3,8-9,12-13H,4-7,16H2. The Bertz CT molecular complexity index is 381. The van der Waals surface area contributed by atoms with Gasteiger partial charge in [0, 0.05) is 19.3 Å². The van der Waals surface area contributed by atoms with Gasteiger partial charge in [0.05, 0.1) is 0 Å². The highest BCUT2D eigenvalue weighted by Crippen LogP contribution is 2.29. The van der Waals surface area contributed by atoms with Crippen LogP contribution in [0.5, 0.6) is 5.75 Å². The van der Waals surface area contributed by atoms with Gasteiger partial charge in [-0.25, -0.2) is 0 Å². The Morgan fingerprint density at radius 1 is 1.28 bits per heavy atom. The monoisotopic (exact) mass is 257 g/mol. The van der Waals surface area contributed by atoms with E-state index >= 15 is 0 Å². The largest absolute Gasteiger partial charge is 0.435 e. The van der Waals surface area contributed by atoms with Crippen LogP contribution >= 0.6 is 0 Å². The molecule has 1 atom stereocenters. The van der Waals surface area contributed by atoms with Crippen LogP contribution in [-0.4, -0.2) is 19.8 Å². The first-order valence-corrected chi connectivity index (χ1v) is 6.05. The van der Waals surface area contributed by atoms with Crippen LogP contribution < -0.4 is 10.5 Å². The fourth-order valence-corrected chi connectivity index (χ4v) is 2.25. The zero-order chi connectivity index (χ0) is 13.0. The normalized spacial score (nSPS) is 18.9. The van der Waals surface area contributed by atoms with Crippen molar-refractivity contribution >= 4 is 0 Å². The number of ether oxygens (including phenoxy) is 2. The Hall–Kier alpha value is -1.20. The lowest BCUT2D eigenvalue weighted by Crippen LogP contribution is -2.27. The van der Waals surface area contributed by atoms with Gasteiger partial charge in [-0.15, -0.1) is 0 Å². The van der Waals surface area contributed by atoms with Crippen molar-refractivity contribution in [2.75, 3.05) is 13.2 Å². The van der Waals surface area contributed by atoms with Crippen molar-refractivity contribution < 1.29 is 18.3 Å². The van der Waals surface area contributed by atoms with E-state index in [0.29, 0.717) is 19.1 Å². The maximum Gasteiger partial charge on any atom is 0.387 e. The zero-order valence-corrected chi connectivity index (χ0v) is 10.0. The fourth-order valence-electron chi connectivity index (χ4n) is 2.25. The summed E-state index contributed by atoms with van der Waals surface area (Å²) in [7, 11) is 0.